The van der Waals surface area contributed by atoms with Crippen LogP contribution in [0.2, 0.25) is 0 Å². The second kappa shape index (κ2) is 7.05. The lowest BCUT2D eigenvalue weighted by atomic mass is 9.86. The van der Waals surface area contributed by atoms with Crippen LogP contribution >= 0.6 is 0 Å². The molecule has 26 heavy (non-hydrogen) atoms. The van der Waals surface area contributed by atoms with E-state index in [2.05, 4.69) is 104 Å². The van der Waals surface area contributed by atoms with Crippen LogP contribution in [0.15, 0.2) is 120 Å². The third-order valence-corrected chi connectivity index (χ3v) is 5.18. The van der Waals surface area contributed by atoms with E-state index in [-0.39, 0.29) is 0 Å². The number of hydrogen-bond acceptors (Lipinski definition) is 1. The molecule has 0 amide bonds. The molecule has 0 fully saturated rings. The smallest absolute Gasteiger partial charge is 0.0426 e. The van der Waals surface area contributed by atoms with Crippen LogP contribution in [0.5, 0.6) is 0 Å². The van der Waals surface area contributed by atoms with Gasteiger partial charge in [0.25, 0.3) is 0 Å². The van der Waals surface area contributed by atoms with E-state index in [0.717, 1.165) is 11.4 Å². The van der Waals surface area contributed by atoms with Gasteiger partial charge in [-0.15, -0.1) is 0 Å². The standard InChI is InChI=1S/C25H23N/c1-3-18(4-2)22-16-17-24-23(22)10-7-11-25(24)26-21-14-12-20(13-15-21)19-8-5-6-9-19/h3-17,19,23,26H,1H2,2H3/b18-4+. The largest absolute Gasteiger partial charge is 0.355 e. The van der Waals surface area contributed by atoms with E-state index in [1.807, 2.05) is 6.08 Å². The first-order valence-electron chi connectivity index (χ1n) is 9.12. The monoisotopic (exact) mass is 337 g/mol. The van der Waals surface area contributed by atoms with Gasteiger partial charge in [-0.3, -0.25) is 0 Å². The fraction of sp³-hybridized carbons (Fsp3) is 0.120. The van der Waals surface area contributed by atoms with E-state index < -0.39 is 0 Å². The zero-order valence-electron chi connectivity index (χ0n) is 15.0. The zero-order valence-corrected chi connectivity index (χ0v) is 15.0. The molecule has 0 saturated heterocycles. The average Bonchev–Trinajstić information content (AvgIpc) is 3.35. The fourth-order valence-corrected chi connectivity index (χ4v) is 3.77. The molecule has 0 aliphatic heterocycles. The lowest BCUT2D eigenvalue weighted by Gasteiger charge is -2.23. The van der Waals surface area contributed by atoms with Gasteiger partial charge in [0.2, 0.25) is 0 Å². The van der Waals surface area contributed by atoms with Crippen molar-refractivity contribution >= 4 is 5.69 Å². The molecule has 3 aliphatic rings. The minimum atomic E-state index is 0.305. The Kier molecular flexibility index (Phi) is 4.45. The second-order valence-corrected chi connectivity index (χ2v) is 6.68. The molecule has 4 rings (SSSR count). The van der Waals surface area contributed by atoms with Gasteiger partial charge >= 0.3 is 0 Å². The third-order valence-electron chi connectivity index (χ3n) is 5.18. The van der Waals surface area contributed by atoms with Gasteiger partial charge in [0.05, 0.1) is 0 Å². The van der Waals surface area contributed by atoms with Gasteiger partial charge in [0.15, 0.2) is 0 Å². The minimum absolute atomic E-state index is 0.305. The lowest BCUT2D eigenvalue weighted by Crippen LogP contribution is -2.12. The summed E-state index contributed by atoms with van der Waals surface area (Å²) in [5.74, 6) is 0.715. The van der Waals surface area contributed by atoms with Gasteiger partial charge in [0, 0.05) is 23.2 Å². The number of nitrogens with one attached hydrogen (secondary N) is 1. The predicted molar refractivity (Wildman–Crippen MR) is 112 cm³/mol. The van der Waals surface area contributed by atoms with Crippen LogP contribution in [0, 0.1) is 5.92 Å². The van der Waals surface area contributed by atoms with Crippen LogP contribution in [-0.4, -0.2) is 0 Å². The van der Waals surface area contributed by atoms with Crippen molar-refractivity contribution in [2.45, 2.75) is 12.8 Å². The Balaban J connectivity index is 1.50. The Labute approximate surface area is 155 Å². The summed E-state index contributed by atoms with van der Waals surface area (Å²) in [7, 11) is 0. The Morgan fingerprint density at radius 2 is 1.73 bits per heavy atom. The summed E-state index contributed by atoms with van der Waals surface area (Å²) < 4.78 is 0. The highest BCUT2D eigenvalue weighted by atomic mass is 14.9. The van der Waals surface area contributed by atoms with Crippen molar-refractivity contribution in [3.63, 3.8) is 0 Å². The van der Waals surface area contributed by atoms with Crippen molar-refractivity contribution in [1.29, 1.82) is 0 Å². The molecule has 0 radical (unpaired) electrons. The summed E-state index contributed by atoms with van der Waals surface area (Å²) in [5.41, 5.74) is 7.43. The van der Waals surface area contributed by atoms with Crippen molar-refractivity contribution in [2.24, 2.45) is 5.92 Å². The van der Waals surface area contributed by atoms with Gasteiger partial charge in [0.1, 0.15) is 0 Å². The number of allylic oxidation sites excluding steroid dienone is 14. The molecule has 0 spiro atoms. The van der Waals surface area contributed by atoms with E-state index in [1.54, 1.807) is 0 Å². The molecular weight excluding hydrogens is 314 g/mol. The second-order valence-electron chi connectivity index (χ2n) is 6.68. The summed E-state index contributed by atoms with van der Waals surface area (Å²) in [5, 5.41) is 3.59. The molecule has 1 aromatic carbocycles. The van der Waals surface area contributed by atoms with E-state index in [1.165, 1.54) is 22.3 Å². The van der Waals surface area contributed by atoms with Gasteiger partial charge in [-0.25, -0.2) is 0 Å². The van der Waals surface area contributed by atoms with Crippen LogP contribution in [0.25, 0.3) is 0 Å². The van der Waals surface area contributed by atoms with Gasteiger partial charge < -0.3 is 5.32 Å². The van der Waals surface area contributed by atoms with Gasteiger partial charge in [-0.2, -0.15) is 0 Å². The molecule has 0 saturated carbocycles. The maximum atomic E-state index is 3.95. The lowest BCUT2D eigenvalue weighted by molar-refractivity contribution is 0.931. The highest BCUT2D eigenvalue weighted by Gasteiger charge is 2.26. The summed E-state index contributed by atoms with van der Waals surface area (Å²) in [6.45, 7) is 6.01. The van der Waals surface area contributed by atoms with Crippen molar-refractivity contribution in [3.05, 3.63) is 126 Å². The first-order valence-corrected chi connectivity index (χ1v) is 9.12. The summed E-state index contributed by atoms with van der Waals surface area (Å²) in [6, 6.07) is 8.72. The van der Waals surface area contributed by atoms with Gasteiger partial charge in [-0.1, -0.05) is 79.5 Å². The zero-order chi connectivity index (χ0) is 17.9. The quantitative estimate of drug-likeness (QED) is 0.615. The Morgan fingerprint density at radius 1 is 0.962 bits per heavy atom. The fourth-order valence-electron chi connectivity index (χ4n) is 3.77. The summed E-state index contributed by atoms with van der Waals surface area (Å²) in [4.78, 5) is 0. The van der Waals surface area contributed by atoms with E-state index >= 15 is 0 Å². The topological polar surface area (TPSA) is 12.0 Å². The Morgan fingerprint density at radius 3 is 2.42 bits per heavy atom. The van der Waals surface area contributed by atoms with Crippen LogP contribution < -0.4 is 5.32 Å². The molecular formula is C25H23N. The number of anilines is 1. The molecule has 128 valence electrons. The minimum Gasteiger partial charge on any atom is -0.355 e. The molecule has 1 heteroatoms. The number of rotatable bonds is 5. The molecule has 0 bridgehead atoms. The van der Waals surface area contributed by atoms with E-state index in [0.29, 0.717) is 11.8 Å². The molecule has 1 atom stereocenters. The van der Waals surface area contributed by atoms with Crippen LogP contribution in [0.4, 0.5) is 5.69 Å². The summed E-state index contributed by atoms with van der Waals surface area (Å²) >= 11 is 0. The first-order chi connectivity index (χ1) is 12.8. The maximum Gasteiger partial charge on any atom is 0.0426 e. The van der Waals surface area contributed by atoms with Gasteiger partial charge in [-0.05, 0) is 47.4 Å². The predicted octanol–water partition coefficient (Wildman–Crippen LogP) is 6.38. The van der Waals surface area contributed by atoms with Crippen molar-refractivity contribution < 1.29 is 0 Å². The first kappa shape index (κ1) is 16.4. The van der Waals surface area contributed by atoms with Crippen LogP contribution in [0.3, 0.4) is 0 Å². The number of benzene rings is 1. The SMILES string of the molecule is C=C/C(=C\C)C1=CC=C2C(Nc3ccc(C4C=CC=C4)cc3)=CC=CC21. The van der Waals surface area contributed by atoms with Crippen molar-refractivity contribution in [1.82, 2.24) is 0 Å². The highest BCUT2D eigenvalue weighted by Crippen LogP contribution is 2.39. The molecule has 3 aliphatic carbocycles. The molecule has 0 heterocycles. The molecule has 1 N–H and O–H groups in total. The number of fused-ring (bicyclic) bond motifs is 1. The van der Waals surface area contributed by atoms with Crippen LogP contribution in [-0.2, 0) is 0 Å². The summed E-state index contributed by atoms with van der Waals surface area (Å²) in [6.07, 6.45) is 23.7. The van der Waals surface area contributed by atoms with E-state index in [9.17, 15) is 0 Å². The molecule has 1 nitrogen and oxygen atoms in total. The van der Waals surface area contributed by atoms with E-state index in [4.69, 9.17) is 0 Å². The van der Waals surface area contributed by atoms with Crippen molar-refractivity contribution in [2.75, 3.05) is 5.32 Å². The third kappa shape index (κ3) is 2.97. The molecule has 1 aromatic rings. The number of hydrogen-bond donors (Lipinski definition) is 1. The normalized spacial score (nSPS) is 21.3. The van der Waals surface area contributed by atoms with Crippen molar-refractivity contribution in [3.8, 4) is 0 Å². The Hall–Kier alpha value is -3.06. The highest BCUT2D eigenvalue weighted by molar-refractivity contribution is 5.64. The average molecular weight is 337 g/mol. The molecule has 0 aromatic heterocycles. The maximum absolute atomic E-state index is 3.95. The Bertz CT molecular complexity index is 915. The molecule has 1 unspecified atom stereocenters. The van der Waals surface area contributed by atoms with Crippen LogP contribution in [0.1, 0.15) is 18.4 Å².